The first kappa shape index (κ1) is 11.8. The van der Waals surface area contributed by atoms with E-state index in [1.54, 1.807) is 4.90 Å². The molecule has 0 aliphatic carbocycles. The van der Waals surface area contributed by atoms with Gasteiger partial charge in [0, 0.05) is 24.0 Å². The summed E-state index contributed by atoms with van der Waals surface area (Å²) in [6.07, 6.45) is 0.425. The van der Waals surface area contributed by atoms with Gasteiger partial charge in [-0.3, -0.25) is 4.79 Å². The Labute approximate surface area is 95.5 Å². The van der Waals surface area contributed by atoms with Crippen LogP contribution in [0.2, 0.25) is 0 Å². The Kier molecular flexibility index (Phi) is 4.74. The molecule has 0 spiro atoms. The Hall–Kier alpha value is -0.230. The van der Waals surface area contributed by atoms with Gasteiger partial charge in [0.25, 0.3) is 0 Å². The standard InChI is InChI=1S/C8H12BrNO3S/c1-13-8(12)7-10(4-5-14-7)6(11)2-3-9/h7H,2-5H2,1H3. The van der Waals surface area contributed by atoms with Gasteiger partial charge >= 0.3 is 5.97 Å². The smallest absolute Gasteiger partial charge is 0.339 e. The lowest BCUT2D eigenvalue weighted by Crippen LogP contribution is -2.40. The van der Waals surface area contributed by atoms with Gasteiger partial charge in [-0.15, -0.1) is 11.8 Å². The van der Waals surface area contributed by atoms with E-state index in [4.69, 9.17) is 0 Å². The van der Waals surface area contributed by atoms with Gasteiger partial charge in [-0.25, -0.2) is 4.79 Å². The molecule has 1 aliphatic rings. The predicted octanol–water partition coefficient (Wildman–Crippen LogP) is 0.846. The van der Waals surface area contributed by atoms with E-state index in [9.17, 15) is 9.59 Å². The van der Waals surface area contributed by atoms with Crippen LogP contribution in [0.1, 0.15) is 6.42 Å². The van der Waals surface area contributed by atoms with Gasteiger partial charge < -0.3 is 9.64 Å². The SMILES string of the molecule is COC(=O)C1SCCN1C(=O)CCBr. The average Bonchev–Trinajstić information content (AvgIpc) is 2.65. The molecular formula is C8H12BrNO3S. The molecule has 80 valence electrons. The Morgan fingerprint density at radius 3 is 2.93 bits per heavy atom. The Bertz CT molecular complexity index is 237. The summed E-state index contributed by atoms with van der Waals surface area (Å²) >= 11 is 4.65. The second-order valence-corrected chi connectivity index (χ2v) is 4.75. The van der Waals surface area contributed by atoms with E-state index >= 15 is 0 Å². The molecule has 1 amide bonds. The van der Waals surface area contributed by atoms with E-state index in [0.717, 1.165) is 5.75 Å². The number of alkyl halides is 1. The number of methoxy groups -OCH3 is 1. The van der Waals surface area contributed by atoms with Crippen LogP contribution >= 0.6 is 27.7 Å². The fourth-order valence-corrected chi connectivity index (χ4v) is 2.75. The molecule has 0 aromatic heterocycles. The largest absolute Gasteiger partial charge is 0.467 e. The van der Waals surface area contributed by atoms with Crippen LogP contribution in [0.25, 0.3) is 0 Å². The summed E-state index contributed by atoms with van der Waals surface area (Å²) in [5.74, 6) is 0.464. The molecule has 4 nitrogen and oxygen atoms in total. The van der Waals surface area contributed by atoms with Crippen molar-refractivity contribution in [1.29, 1.82) is 0 Å². The van der Waals surface area contributed by atoms with Crippen LogP contribution < -0.4 is 0 Å². The quantitative estimate of drug-likeness (QED) is 0.568. The lowest BCUT2D eigenvalue weighted by Gasteiger charge is -2.21. The maximum absolute atomic E-state index is 11.6. The van der Waals surface area contributed by atoms with Crippen LogP contribution in [-0.2, 0) is 14.3 Å². The van der Waals surface area contributed by atoms with E-state index in [-0.39, 0.29) is 11.9 Å². The van der Waals surface area contributed by atoms with Gasteiger partial charge in [0.05, 0.1) is 7.11 Å². The number of halogens is 1. The second kappa shape index (κ2) is 5.60. The Balaban J connectivity index is 2.59. The number of carbonyl (C=O) groups is 2. The molecule has 0 N–H and O–H groups in total. The highest BCUT2D eigenvalue weighted by atomic mass is 79.9. The minimum absolute atomic E-state index is 0.00211. The number of nitrogens with zero attached hydrogens (tertiary/aromatic N) is 1. The topological polar surface area (TPSA) is 46.6 Å². The lowest BCUT2D eigenvalue weighted by molar-refractivity contribution is -0.147. The summed E-state index contributed by atoms with van der Waals surface area (Å²) in [5.41, 5.74) is 0. The van der Waals surface area contributed by atoms with Gasteiger partial charge in [-0.1, -0.05) is 15.9 Å². The maximum Gasteiger partial charge on any atom is 0.339 e. The number of rotatable bonds is 3. The van der Waals surface area contributed by atoms with Gasteiger partial charge in [-0.2, -0.15) is 0 Å². The van der Waals surface area contributed by atoms with Crippen molar-refractivity contribution in [3.63, 3.8) is 0 Å². The zero-order valence-corrected chi connectivity index (χ0v) is 10.3. The van der Waals surface area contributed by atoms with Gasteiger partial charge in [-0.05, 0) is 0 Å². The van der Waals surface area contributed by atoms with Crippen LogP contribution in [0.3, 0.4) is 0 Å². The number of thioether (sulfide) groups is 1. The molecule has 0 radical (unpaired) electrons. The first-order valence-corrected chi connectivity index (χ1v) is 6.42. The van der Waals surface area contributed by atoms with Crippen LogP contribution in [0.5, 0.6) is 0 Å². The zero-order chi connectivity index (χ0) is 10.6. The third-order valence-electron chi connectivity index (χ3n) is 1.92. The van der Waals surface area contributed by atoms with Crippen molar-refractivity contribution >= 4 is 39.6 Å². The summed E-state index contributed by atoms with van der Waals surface area (Å²) in [6, 6.07) is 0. The molecule has 1 aliphatic heterocycles. The first-order chi connectivity index (χ1) is 6.70. The molecule has 0 aromatic rings. The number of amides is 1. The van der Waals surface area contributed by atoms with Crippen molar-refractivity contribution in [3.8, 4) is 0 Å². The molecule has 6 heteroatoms. The van der Waals surface area contributed by atoms with Crippen molar-refractivity contribution in [3.05, 3.63) is 0 Å². The molecule has 1 saturated heterocycles. The normalized spacial score (nSPS) is 21.0. The summed E-state index contributed by atoms with van der Waals surface area (Å²) in [6.45, 7) is 0.635. The van der Waals surface area contributed by atoms with Crippen LogP contribution in [0.4, 0.5) is 0 Å². The van der Waals surface area contributed by atoms with Gasteiger partial charge in [0.15, 0.2) is 5.37 Å². The minimum Gasteiger partial charge on any atom is -0.467 e. The van der Waals surface area contributed by atoms with E-state index in [1.165, 1.54) is 18.9 Å². The summed E-state index contributed by atoms with van der Waals surface area (Å²) in [4.78, 5) is 24.4. The molecule has 0 bridgehead atoms. The Morgan fingerprint density at radius 2 is 2.36 bits per heavy atom. The third-order valence-corrected chi connectivity index (χ3v) is 3.50. The summed E-state index contributed by atoms with van der Waals surface area (Å²) in [5, 5.41) is 0.188. The number of ether oxygens (including phenoxy) is 1. The number of esters is 1. The monoisotopic (exact) mass is 281 g/mol. The van der Waals surface area contributed by atoms with Crippen molar-refractivity contribution in [2.24, 2.45) is 0 Å². The van der Waals surface area contributed by atoms with Gasteiger partial charge in [0.1, 0.15) is 0 Å². The lowest BCUT2D eigenvalue weighted by atomic mass is 10.4. The highest BCUT2D eigenvalue weighted by Crippen LogP contribution is 2.25. The van der Waals surface area contributed by atoms with Crippen LogP contribution in [0.15, 0.2) is 0 Å². The third kappa shape index (κ3) is 2.63. The summed E-state index contributed by atoms with van der Waals surface area (Å²) < 4.78 is 4.63. The fraction of sp³-hybridized carbons (Fsp3) is 0.750. The molecule has 1 rings (SSSR count). The van der Waals surface area contributed by atoms with Crippen molar-refractivity contribution in [1.82, 2.24) is 4.90 Å². The highest BCUT2D eigenvalue weighted by molar-refractivity contribution is 9.09. The number of hydrogen-bond acceptors (Lipinski definition) is 4. The zero-order valence-electron chi connectivity index (χ0n) is 7.86. The van der Waals surface area contributed by atoms with Gasteiger partial charge in [0.2, 0.25) is 5.91 Å². The van der Waals surface area contributed by atoms with Crippen LogP contribution in [-0.4, -0.2) is 46.9 Å². The highest BCUT2D eigenvalue weighted by Gasteiger charge is 2.34. The molecule has 14 heavy (non-hydrogen) atoms. The van der Waals surface area contributed by atoms with Crippen molar-refractivity contribution < 1.29 is 14.3 Å². The van der Waals surface area contributed by atoms with Crippen molar-refractivity contribution in [2.75, 3.05) is 24.7 Å². The molecule has 1 unspecified atom stereocenters. The average molecular weight is 282 g/mol. The van der Waals surface area contributed by atoms with E-state index in [2.05, 4.69) is 20.7 Å². The number of carbonyl (C=O) groups excluding carboxylic acids is 2. The van der Waals surface area contributed by atoms with Crippen molar-refractivity contribution in [2.45, 2.75) is 11.8 Å². The molecular weight excluding hydrogens is 270 g/mol. The fourth-order valence-electron chi connectivity index (χ4n) is 1.25. The molecule has 1 fully saturated rings. The predicted molar refractivity (Wildman–Crippen MR) is 58.4 cm³/mol. The Morgan fingerprint density at radius 1 is 1.64 bits per heavy atom. The van der Waals surface area contributed by atoms with E-state index in [1.807, 2.05) is 0 Å². The molecule has 0 aromatic carbocycles. The molecule has 1 atom stereocenters. The van der Waals surface area contributed by atoms with E-state index < -0.39 is 5.37 Å². The maximum atomic E-state index is 11.6. The summed E-state index contributed by atoms with van der Waals surface area (Å²) in [7, 11) is 1.34. The minimum atomic E-state index is -0.438. The van der Waals surface area contributed by atoms with E-state index in [0.29, 0.717) is 18.3 Å². The van der Waals surface area contributed by atoms with Crippen LogP contribution in [0, 0.1) is 0 Å². The molecule has 0 saturated carbocycles. The second-order valence-electron chi connectivity index (χ2n) is 2.77. The number of hydrogen-bond donors (Lipinski definition) is 0. The first-order valence-electron chi connectivity index (χ1n) is 4.25. The molecule has 1 heterocycles.